The van der Waals surface area contributed by atoms with Gasteiger partial charge in [0.2, 0.25) is 0 Å². The molecule has 2 aliphatic rings. The lowest BCUT2D eigenvalue weighted by atomic mass is 9.94. The van der Waals surface area contributed by atoms with Gasteiger partial charge in [0.15, 0.2) is 0 Å². The molecule has 3 nitrogen and oxygen atoms in total. The highest BCUT2D eigenvalue weighted by atomic mass is 16.2. The van der Waals surface area contributed by atoms with E-state index in [9.17, 15) is 4.79 Å². The summed E-state index contributed by atoms with van der Waals surface area (Å²) in [6.07, 6.45) is 7.13. The first kappa shape index (κ1) is 17.5. The second-order valence-electron chi connectivity index (χ2n) is 7.85. The first-order chi connectivity index (χ1) is 11.5. The van der Waals surface area contributed by atoms with Crippen LogP contribution in [0.25, 0.3) is 0 Å². The van der Waals surface area contributed by atoms with Gasteiger partial charge in [0, 0.05) is 30.2 Å². The van der Waals surface area contributed by atoms with Crippen LogP contribution in [-0.2, 0) is 0 Å². The molecular weight excluding hydrogens is 296 g/mol. The molecule has 0 saturated carbocycles. The summed E-state index contributed by atoms with van der Waals surface area (Å²) in [6.45, 7) is 7.26. The van der Waals surface area contributed by atoms with Gasteiger partial charge in [0.25, 0.3) is 5.91 Å². The molecule has 0 aromatic heterocycles. The predicted molar refractivity (Wildman–Crippen MR) is 99.5 cm³/mol. The number of unbranched alkanes of at least 4 members (excludes halogenated alkanes) is 1. The first-order valence-electron chi connectivity index (χ1n) is 9.61. The minimum atomic E-state index is 0.245. The summed E-state index contributed by atoms with van der Waals surface area (Å²) >= 11 is 0. The molecule has 24 heavy (non-hydrogen) atoms. The van der Waals surface area contributed by atoms with Crippen LogP contribution in [0, 0.1) is 13.8 Å². The van der Waals surface area contributed by atoms with Crippen LogP contribution in [0.2, 0.25) is 0 Å². The van der Waals surface area contributed by atoms with E-state index >= 15 is 0 Å². The van der Waals surface area contributed by atoms with E-state index in [4.69, 9.17) is 0 Å². The third-order valence-electron chi connectivity index (χ3n) is 6.14. The minimum absolute atomic E-state index is 0.245. The van der Waals surface area contributed by atoms with Crippen LogP contribution in [0.15, 0.2) is 18.2 Å². The molecule has 2 fully saturated rings. The molecule has 0 radical (unpaired) electrons. The fraction of sp³-hybridized carbons (Fsp3) is 0.667. The van der Waals surface area contributed by atoms with Crippen molar-refractivity contribution in [2.24, 2.45) is 0 Å². The zero-order valence-corrected chi connectivity index (χ0v) is 15.7. The molecule has 1 aromatic rings. The van der Waals surface area contributed by atoms with Crippen molar-refractivity contribution in [1.82, 2.24) is 9.80 Å². The van der Waals surface area contributed by atoms with Gasteiger partial charge in [-0.2, -0.15) is 0 Å². The standard InChI is InChI=1S/C21H32N2O/c1-5-6-11-23(19-13-17-8-9-18(14-19)22(17)4)21(24)20-10-7-15(2)12-16(20)3/h7,10,12,17-19H,5-6,8-9,11,13-14H2,1-4H3/t17-,18+,19?. The van der Waals surface area contributed by atoms with E-state index in [1.165, 1.54) is 18.4 Å². The number of carbonyl (C=O) groups is 1. The van der Waals surface area contributed by atoms with Gasteiger partial charge < -0.3 is 9.80 Å². The highest BCUT2D eigenvalue weighted by Gasteiger charge is 2.41. The van der Waals surface area contributed by atoms with Gasteiger partial charge in [0.05, 0.1) is 0 Å². The molecule has 0 aliphatic carbocycles. The van der Waals surface area contributed by atoms with Crippen molar-refractivity contribution in [3.05, 3.63) is 34.9 Å². The molecule has 1 aromatic carbocycles. The van der Waals surface area contributed by atoms with Crippen LogP contribution < -0.4 is 0 Å². The lowest BCUT2D eigenvalue weighted by Gasteiger charge is -2.42. The quantitative estimate of drug-likeness (QED) is 0.810. The van der Waals surface area contributed by atoms with Gasteiger partial charge in [-0.05, 0) is 64.6 Å². The number of aryl methyl sites for hydroxylation is 2. The molecule has 0 spiro atoms. The van der Waals surface area contributed by atoms with Crippen molar-refractivity contribution in [3.8, 4) is 0 Å². The van der Waals surface area contributed by atoms with Gasteiger partial charge in [-0.3, -0.25) is 4.79 Å². The SMILES string of the molecule is CCCCN(C(=O)c1ccc(C)cc1C)C1C[C@H]2CC[C@@H](C1)N2C. The van der Waals surface area contributed by atoms with Gasteiger partial charge in [-0.15, -0.1) is 0 Å². The van der Waals surface area contributed by atoms with E-state index in [0.29, 0.717) is 18.1 Å². The Hall–Kier alpha value is -1.35. The number of benzene rings is 1. The minimum Gasteiger partial charge on any atom is -0.336 e. The van der Waals surface area contributed by atoms with Crippen LogP contribution in [-0.4, -0.2) is 47.4 Å². The van der Waals surface area contributed by atoms with Crippen molar-refractivity contribution in [3.63, 3.8) is 0 Å². The van der Waals surface area contributed by atoms with Crippen molar-refractivity contribution in [2.75, 3.05) is 13.6 Å². The zero-order chi connectivity index (χ0) is 17.3. The molecule has 2 saturated heterocycles. The van der Waals surface area contributed by atoms with Crippen molar-refractivity contribution in [1.29, 1.82) is 0 Å². The summed E-state index contributed by atoms with van der Waals surface area (Å²) in [6, 6.07) is 7.98. The maximum atomic E-state index is 13.3. The second-order valence-corrected chi connectivity index (χ2v) is 7.85. The molecule has 2 heterocycles. The summed E-state index contributed by atoms with van der Waals surface area (Å²) < 4.78 is 0. The van der Waals surface area contributed by atoms with Crippen molar-refractivity contribution >= 4 is 5.91 Å². The van der Waals surface area contributed by atoms with Gasteiger partial charge in [0.1, 0.15) is 0 Å². The van der Waals surface area contributed by atoms with Crippen molar-refractivity contribution < 1.29 is 4.79 Å². The van der Waals surface area contributed by atoms with Crippen LogP contribution in [0.4, 0.5) is 0 Å². The Morgan fingerprint density at radius 2 is 1.88 bits per heavy atom. The lowest BCUT2D eigenvalue weighted by Crippen LogP contribution is -2.51. The highest BCUT2D eigenvalue weighted by Crippen LogP contribution is 2.37. The van der Waals surface area contributed by atoms with Crippen LogP contribution in [0.3, 0.4) is 0 Å². The molecule has 3 atom stereocenters. The van der Waals surface area contributed by atoms with E-state index < -0.39 is 0 Å². The molecular formula is C21H32N2O. The van der Waals surface area contributed by atoms with Gasteiger partial charge in [-0.25, -0.2) is 0 Å². The fourth-order valence-electron chi connectivity index (χ4n) is 4.62. The van der Waals surface area contributed by atoms with E-state index in [1.807, 2.05) is 6.07 Å². The van der Waals surface area contributed by atoms with Crippen LogP contribution >= 0.6 is 0 Å². The Morgan fingerprint density at radius 3 is 2.46 bits per heavy atom. The Balaban J connectivity index is 1.82. The summed E-state index contributed by atoms with van der Waals surface area (Å²) in [5.41, 5.74) is 3.22. The average Bonchev–Trinajstić information content (AvgIpc) is 2.76. The number of hydrogen-bond donors (Lipinski definition) is 0. The fourth-order valence-corrected chi connectivity index (χ4v) is 4.62. The number of amides is 1. The number of rotatable bonds is 5. The Bertz CT molecular complexity index is 584. The first-order valence-corrected chi connectivity index (χ1v) is 9.61. The third-order valence-corrected chi connectivity index (χ3v) is 6.14. The summed E-state index contributed by atoms with van der Waals surface area (Å²) in [5, 5.41) is 0. The maximum Gasteiger partial charge on any atom is 0.254 e. The van der Waals surface area contributed by atoms with E-state index in [-0.39, 0.29) is 5.91 Å². The summed E-state index contributed by atoms with van der Waals surface area (Å²) in [5.74, 6) is 0.245. The second kappa shape index (κ2) is 7.26. The zero-order valence-electron chi connectivity index (χ0n) is 15.7. The maximum absolute atomic E-state index is 13.3. The number of fused-ring (bicyclic) bond motifs is 2. The number of piperidine rings is 1. The van der Waals surface area contributed by atoms with Crippen LogP contribution in [0.1, 0.15) is 66.9 Å². The summed E-state index contributed by atoms with van der Waals surface area (Å²) in [7, 11) is 2.26. The van der Waals surface area contributed by atoms with E-state index in [0.717, 1.165) is 43.4 Å². The number of carbonyl (C=O) groups excluding carboxylic acids is 1. The van der Waals surface area contributed by atoms with Crippen molar-refractivity contribution in [2.45, 2.75) is 77.4 Å². The van der Waals surface area contributed by atoms with Crippen LogP contribution in [0.5, 0.6) is 0 Å². The highest BCUT2D eigenvalue weighted by molar-refractivity contribution is 5.96. The topological polar surface area (TPSA) is 23.6 Å². The molecule has 3 heteroatoms. The predicted octanol–water partition coefficient (Wildman–Crippen LogP) is 4.17. The number of hydrogen-bond acceptors (Lipinski definition) is 2. The third kappa shape index (κ3) is 3.37. The Kier molecular flexibility index (Phi) is 5.29. The molecule has 2 bridgehead atoms. The Morgan fingerprint density at radius 1 is 1.21 bits per heavy atom. The van der Waals surface area contributed by atoms with E-state index in [2.05, 4.69) is 49.8 Å². The molecule has 1 amide bonds. The molecule has 132 valence electrons. The average molecular weight is 329 g/mol. The molecule has 0 N–H and O–H groups in total. The molecule has 1 unspecified atom stereocenters. The molecule has 2 aliphatic heterocycles. The smallest absolute Gasteiger partial charge is 0.254 e. The Labute approximate surface area is 147 Å². The summed E-state index contributed by atoms with van der Waals surface area (Å²) in [4.78, 5) is 18.1. The monoisotopic (exact) mass is 328 g/mol. The van der Waals surface area contributed by atoms with E-state index in [1.54, 1.807) is 0 Å². The normalized spacial score (nSPS) is 26.6. The van der Waals surface area contributed by atoms with Gasteiger partial charge >= 0.3 is 0 Å². The molecule has 3 rings (SSSR count). The van der Waals surface area contributed by atoms with Gasteiger partial charge in [-0.1, -0.05) is 31.0 Å². The number of nitrogens with zero attached hydrogens (tertiary/aromatic N) is 2. The largest absolute Gasteiger partial charge is 0.336 e. The lowest BCUT2D eigenvalue weighted by molar-refractivity contribution is 0.0480.